The van der Waals surface area contributed by atoms with Gasteiger partial charge in [0, 0.05) is 17.5 Å². The fraction of sp³-hybridized carbons (Fsp3) is 0.333. The summed E-state index contributed by atoms with van der Waals surface area (Å²) in [5.74, 6) is -0.0575. The zero-order valence-electron chi connectivity index (χ0n) is 11.5. The number of nitrogens with one attached hydrogen (secondary N) is 1. The van der Waals surface area contributed by atoms with Crippen molar-refractivity contribution in [2.24, 2.45) is 0 Å². The summed E-state index contributed by atoms with van der Waals surface area (Å²) in [6.07, 6.45) is 0.917. The van der Waals surface area contributed by atoms with Gasteiger partial charge in [0.25, 0.3) is 0 Å². The quantitative estimate of drug-likeness (QED) is 0.851. The molecule has 0 bridgehead atoms. The molecule has 2 rings (SSSR count). The molecule has 0 amide bonds. The van der Waals surface area contributed by atoms with Gasteiger partial charge < -0.3 is 10.1 Å². The SMILES string of the molecule is COc1ccc(C(C)NCCc2ccc(Cl)s2)cc1F. The van der Waals surface area contributed by atoms with E-state index in [1.807, 2.05) is 25.1 Å². The Kier molecular flexibility index (Phi) is 5.40. The molecule has 2 nitrogen and oxygen atoms in total. The Morgan fingerprint density at radius 2 is 2.15 bits per heavy atom. The number of hydrogen-bond acceptors (Lipinski definition) is 3. The Bertz CT molecular complexity index is 573. The first kappa shape index (κ1) is 15.3. The topological polar surface area (TPSA) is 21.3 Å². The minimum atomic E-state index is -0.330. The van der Waals surface area contributed by atoms with Crippen molar-refractivity contribution >= 4 is 22.9 Å². The van der Waals surface area contributed by atoms with Gasteiger partial charge in [0.05, 0.1) is 11.4 Å². The monoisotopic (exact) mass is 313 g/mol. The summed E-state index contributed by atoms with van der Waals surface area (Å²) >= 11 is 7.48. The van der Waals surface area contributed by atoms with E-state index in [2.05, 4.69) is 5.32 Å². The number of rotatable bonds is 6. The van der Waals surface area contributed by atoms with E-state index in [1.165, 1.54) is 18.1 Å². The van der Waals surface area contributed by atoms with Crippen LogP contribution < -0.4 is 10.1 Å². The molecular formula is C15H17ClFNOS. The first-order valence-electron chi connectivity index (χ1n) is 6.41. The predicted molar refractivity (Wildman–Crippen MR) is 82.4 cm³/mol. The highest BCUT2D eigenvalue weighted by Gasteiger charge is 2.09. The van der Waals surface area contributed by atoms with Gasteiger partial charge in [-0.3, -0.25) is 0 Å². The van der Waals surface area contributed by atoms with Crippen molar-refractivity contribution in [1.82, 2.24) is 5.32 Å². The Morgan fingerprint density at radius 3 is 2.75 bits per heavy atom. The zero-order valence-corrected chi connectivity index (χ0v) is 13.0. The molecule has 0 aliphatic carbocycles. The molecule has 0 spiro atoms. The molecule has 20 heavy (non-hydrogen) atoms. The third-order valence-electron chi connectivity index (χ3n) is 3.13. The van der Waals surface area contributed by atoms with Crippen molar-refractivity contribution in [3.63, 3.8) is 0 Å². The number of methoxy groups -OCH3 is 1. The van der Waals surface area contributed by atoms with Crippen LogP contribution in [0.1, 0.15) is 23.4 Å². The highest BCUT2D eigenvalue weighted by Crippen LogP contribution is 2.23. The summed E-state index contributed by atoms with van der Waals surface area (Å²) in [6.45, 7) is 2.84. The summed E-state index contributed by atoms with van der Waals surface area (Å²) in [5, 5.41) is 3.38. The maximum absolute atomic E-state index is 13.6. The van der Waals surface area contributed by atoms with Crippen molar-refractivity contribution in [3.8, 4) is 5.75 Å². The summed E-state index contributed by atoms with van der Waals surface area (Å²) in [6, 6.07) is 9.07. The summed E-state index contributed by atoms with van der Waals surface area (Å²) in [5.41, 5.74) is 0.910. The predicted octanol–water partition coefficient (Wildman–Crippen LogP) is 4.44. The van der Waals surface area contributed by atoms with Crippen LogP contribution in [0.25, 0.3) is 0 Å². The van der Waals surface area contributed by atoms with Crippen LogP contribution in [0.5, 0.6) is 5.75 Å². The molecule has 1 unspecified atom stereocenters. The molecule has 0 saturated carbocycles. The molecule has 108 valence electrons. The van der Waals surface area contributed by atoms with E-state index < -0.39 is 0 Å². The molecule has 1 atom stereocenters. The van der Waals surface area contributed by atoms with Gasteiger partial charge in [-0.2, -0.15) is 0 Å². The first-order valence-corrected chi connectivity index (χ1v) is 7.60. The van der Waals surface area contributed by atoms with Crippen LogP contribution in [0.4, 0.5) is 4.39 Å². The van der Waals surface area contributed by atoms with E-state index in [9.17, 15) is 4.39 Å². The Balaban J connectivity index is 1.88. The Hall–Kier alpha value is -1.10. The first-order chi connectivity index (χ1) is 9.60. The van der Waals surface area contributed by atoms with Crippen molar-refractivity contribution in [1.29, 1.82) is 0 Å². The third kappa shape index (κ3) is 3.95. The second-order valence-corrected chi connectivity index (χ2v) is 6.33. The fourth-order valence-corrected chi connectivity index (χ4v) is 3.05. The molecule has 5 heteroatoms. The Labute approximate surface area is 127 Å². The van der Waals surface area contributed by atoms with Crippen molar-refractivity contribution in [2.75, 3.05) is 13.7 Å². The standard InChI is InChI=1S/C15H17ClFNOS/c1-10(11-3-5-14(19-2)13(17)9-11)18-8-7-12-4-6-15(16)20-12/h3-6,9-10,18H,7-8H2,1-2H3. The van der Waals surface area contributed by atoms with Gasteiger partial charge in [0.15, 0.2) is 11.6 Å². The van der Waals surface area contributed by atoms with Gasteiger partial charge >= 0.3 is 0 Å². The van der Waals surface area contributed by atoms with Crippen LogP contribution in [0.2, 0.25) is 4.34 Å². The number of benzene rings is 1. The maximum atomic E-state index is 13.6. The lowest BCUT2D eigenvalue weighted by molar-refractivity contribution is 0.385. The van der Waals surface area contributed by atoms with E-state index in [0.29, 0.717) is 0 Å². The molecule has 1 N–H and O–H groups in total. The molecule has 0 aliphatic heterocycles. The number of thiophene rings is 1. The highest BCUT2D eigenvalue weighted by atomic mass is 35.5. The third-order valence-corrected chi connectivity index (χ3v) is 4.42. The second kappa shape index (κ2) is 7.07. The van der Waals surface area contributed by atoms with Gasteiger partial charge in [-0.25, -0.2) is 4.39 Å². The molecule has 1 aromatic carbocycles. The molecule has 1 aromatic heterocycles. The van der Waals surface area contributed by atoms with Gasteiger partial charge in [-0.05, 0) is 43.2 Å². The van der Waals surface area contributed by atoms with Crippen molar-refractivity contribution in [2.45, 2.75) is 19.4 Å². The van der Waals surface area contributed by atoms with Crippen LogP contribution in [-0.4, -0.2) is 13.7 Å². The van der Waals surface area contributed by atoms with E-state index >= 15 is 0 Å². The average molecular weight is 314 g/mol. The largest absolute Gasteiger partial charge is 0.494 e. The van der Waals surface area contributed by atoms with Crippen LogP contribution in [0, 0.1) is 5.82 Å². The average Bonchev–Trinajstić information content (AvgIpc) is 2.84. The van der Waals surface area contributed by atoms with Crippen LogP contribution >= 0.6 is 22.9 Å². The van der Waals surface area contributed by atoms with Crippen molar-refractivity contribution in [3.05, 3.63) is 50.9 Å². The van der Waals surface area contributed by atoms with E-state index in [0.717, 1.165) is 22.9 Å². The lowest BCUT2D eigenvalue weighted by Crippen LogP contribution is -2.21. The van der Waals surface area contributed by atoms with Gasteiger partial charge in [-0.15, -0.1) is 11.3 Å². The van der Waals surface area contributed by atoms with E-state index in [4.69, 9.17) is 16.3 Å². The van der Waals surface area contributed by atoms with E-state index in [1.54, 1.807) is 17.4 Å². The minimum absolute atomic E-state index is 0.0887. The molecule has 0 radical (unpaired) electrons. The van der Waals surface area contributed by atoms with Crippen LogP contribution in [0.3, 0.4) is 0 Å². The molecule has 1 heterocycles. The summed E-state index contributed by atoms with van der Waals surface area (Å²) in [7, 11) is 1.46. The van der Waals surface area contributed by atoms with Crippen molar-refractivity contribution < 1.29 is 9.13 Å². The van der Waals surface area contributed by atoms with Gasteiger partial charge in [-0.1, -0.05) is 17.7 Å². The maximum Gasteiger partial charge on any atom is 0.165 e. The lowest BCUT2D eigenvalue weighted by atomic mass is 10.1. The summed E-state index contributed by atoms with van der Waals surface area (Å²) < 4.78 is 19.4. The van der Waals surface area contributed by atoms with Crippen LogP contribution in [-0.2, 0) is 6.42 Å². The minimum Gasteiger partial charge on any atom is -0.494 e. The van der Waals surface area contributed by atoms with Crippen LogP contribution in [0.15, 0.2) is 30.3 Å². The Morgan fingerprint density at radius 1 is 1.35 bits per heavy atom. The van der Waals surface area contributed by atoms with E-state index in [-0.39, 0.29) is 17.6 Å². The smallest absolute Gasteiger partial charge is 0.165 e. The van der Waals surface area contributed by atoms with Gasteiger partial charge in [0.2, 0.25) is 0 Å². The fourth-order valence-electron chi connectivity index (χ4n) is 1.97. The number of halogens is 2. The molecule has 0 saturated heterocycles. The summed E-state index contributed by atoms with van der Waals surface area (Å²) in [4.78, 5) is 1.25. The molecule has 2 aromatic rings. The normalized spacial score (nSPS) is 12.4. The second-order valence-electron chi connectivity index (χ2n) is 4.53. The molecule has 0 aliphatic rings. The zero-order chi connectivity index (χ0) is 14.5. The van der Waals surface area contributed by atoms with Gasteiger partial charge in [0.1, 0.15) is 0 Å². The number of ether oxygens (including phenoxy) is 1. The molecule has 0 fully saturated rings. The molecular weight excluding hydrogens is 297 g/mol. The number of hydrogen-bond donors (Lipinski definition) is 1. The lowest BCUT2D eigenvalue weighted by Gasteiger charge is -2.14. The highest BCUT2D eigenvalue weighted by molar-refractivity contribution is 7.16.